The molecule has 0 aromatic heterocycles. The minimum atomic E-state index is -0.181. The number of nitriles is 1. The molecule has 2 aromatic rings. The highest BCUT2D eigenvalue weighted by molar-refractivity contribution is 5.95. The molecule has 1 aliphatic heterocycles. The number of amides is 2. The topological polar surface area (TPSA) is 59.4 Å². The number of hydrogen-bond acceptors (Lipinski definition) is 3. The van der Waals surface area contributed by atoms with Crippen LogP contribution >= 0.6 is 0 Å². The molecule has 5 heteroatoms. The Labute approximate surface area is 166 Å². The van der Waals surface area contributed by atoms with E-state index in [1.54, 1.807) is 12.1 Å². The van der Waals surface area contributed by atoms with Crippen LogP contribution in [-0.4, -0.2) is 37.1 Å². The quantitative estimate of drug-likeness (QED) is 0.887. The summed E-state index contributed by atoms with van der Waals surface area (Å²) in [4.78, 5) is 16.9. The van der Waals surface area contributed by atoms with Crippen LogP contribution in [0, 0.1) is 11.3 Å². The predicted octanol–water partition coefficient (Wildman–Crippen LogP) is 3.86. The zero-order valence-electron chi connectivity index (χ0n) is 16.5. The van der Waals surface area contributed by atoms with Gasteiger partial charge in [0.1, 0.15) is 0 Å². The normalized spacial score (nSPS) is 27.1. The molecule has 1 aliphatic carbocycles. The van der Waals surface area contributed by atoms with Crippen molar-refractivity contribution in [3.8, 4) is 6.07 Å². The number of nitrogens with zero attached hydrogens (tertiary/aromatic N) is 3. The van der Waals surface area contributed by atoms with Gasteiger partial charge in [-0.05, 0) is 69.6 Å². The van der Waals surface area contributed by atoms with Crippen LogP contribution in [0.2, 0.25) is 0 Å². The molecule has 28 heavy (non-hydrogen) atoms. The molecule has 5 nitrogen and oxygen atoms in total. The van der Waals surface area contributed by atoms with Crippen molar-refractivity contribution < 1.29 is 4.79 Å². The third kappa shape index (κ3) is 3.04. The smallest absolute Gasteiger partial charge is 0.322 e. The van der Waals surface area contributed by atoms with Crippen LogP contribution in [0.4, 0.5) is 10.5 Å². The fourth-order valence-electron chi connectivity index (χ4n) is 4.80. The van der Waals surface area contributed by atoms with E-state index < -0.39 is 0 Å². The molecule has 0 unspecified atom stereocenters. The lowest BCUT2D eigenvalue weighted by Gasteiger charge is -2.48. The number of hydrogen-bond donors (Lipinski definition) is 1. The van der Waals surface area contributed by atoms with Crippen molar-refractivity contribution in [2.45, 2.75) is 36.8 Å². The number of benzene rings is 2. The molecule has 0 bridgehead atoms. The summed E-state index contributed by atoms with van der Waals surface area (Å²) in [7, 11) is 4.31. The number of nitrogens with one attached hydrogen (secondary N) is 1. The summed E-state index contributed by atoms with van der Waals surface area (Å²) in [6.07, 6.45) is 3.90. The molecule has 2 aromatic carbocycles. The highest BCUT2D eigenvalue weighted by atomic mass is 16.2. The monoisotopic (exact) mass is 374 g/mol. The van der Waals surface area contributed by atoms with E-state index in [1.165, 1.54) is 5.56 Å². The van der Waals surface area contributed by atoms with Gasteiger partial charge in [0.2, 0.25) is 0 Å². The summed E-state index contributed by atoms with van der Waals surface area (Å²) in [6.45, 7) is 0.677. The minimum absolute atomic E-state index is 0.0130. The Hall–Kier alpha value is -2.84. The van der Waals surface area contributed by atoms with Crippen LogP contribution in [-0.2, 0) is 5.54 Å². The second kappa shape index (κ2) is 6.96. The first-order chi connectivity index (χ1) is 13.5. The molecule has 1 spiro atoms. The van der Waals surface area contributed by atoms with Gasteiger partial charge in [0.15, 0.2) is 0 Å². The van der Waals surface area contributed by atoms with Crippen molar-refractivity contribution in [2.75, 3.05) is 25.5 Å². The summed E-state index contributed by atoms with van der Waals surface area (Å²) < 4.78 is 0. The first kappa shape index (κ1) is 18.5. The fourth-order valence-corrected chi connectivity index (χ4v) is 4.80. The Balaban J connectivity index is 1.54. The molecule has 0 atom stereocenters. The summed E-state index contributed by atoms with van der Waals surface area (Å²) in [6, 6.07) is 20.0. The fraction of sp³-hybridized carbons (Fsp3) is 0.391. The first-order valence-electron chi connectivity index (χ1n) is 9.81. The van der Waals surface area contributed by atoms with E-state index in [-0.39, 0.29) is 17.1 Å². The predicted molar refractivity (Wildman–Crippen MR) is 110 cm³/mol. The Morgan fingerprint density at radius 1 is 1.00 bits per heavy atom. The number of urea groups is 1. The third-order valence-corrected chi connectivity index (χ3v) is 6.59. The molecule has 4 rings (SSSR count). The molecule has 144 valence electrons. The van der Waals surface area contributed by atoms with Gasteiger partial charge in [-0.3, -0.25) is 9.80 Å². The van der Waals surface area contributed by atoms with E-state index in [4.69, 9.17) is 5.26 Å². The van der Waals surface area contributed by atoms with Crippen LogP contribution in [0.3, 0.4) is 0 Å². The Bertz CT molecular complexity index is 890. The van der Waals surface area contributed by atoms with Crippen LogP contribution in [0.5, 0.6) is 0 Å². The van der Waals surface area contributed by atoms with E-state index in [2.05, 4.69) is 60.7 Å². The lowest BCUT2D eigenvalue weighted by molar-refractivity contribution is 0.0658. The molecule has 1 saturated carbocycles. The van der Waals surface area contributed by atoms with Gasteiger partial charge in [-0.1, -0.05) is 30.3 Å². The largest absolute Gasteiger partial charge is 0.330 e. The van der Waals surface area contributed by atoms with E-state index in [9.17, 15) is 4.79 Å². The van der Waals surface area contributed by atoms with E-state index >= 15 is 0 Å². The zero-order valence-corrected chi connectivity index (χ0v) is 16.5. The first-order valence-corrected chi connectivity index (χ1v) is 9.81. The number of rotatable bonds is 3. The Morgan fingerprint density at radius 3 is 2.21 bits per heavy atom. The number of carbonyl (C=O) groups is 1. The van der Waals surface area contributed by atoms with Crippen molar-refractivity contribution >= 4 is 11.7 Å². The molecule has 1 saturated heterocycles. The van der Waals surface area contributed by atoms with Crippen molar-refractivity contribution in [3.63, 3.8) is 0 Å². The standard InChI is InChI=1S/C23H26N4O/c1-26(2)23(19-6-4-3-5-7-19)14-12-22(13-15-23)17-27(21(28)25-22)20-10-8-18(16-24)9-11-20/h3-11H,12-15,17H2,1-2H3,(H,25,28)/t22-,23-. The average molecular weight is 374 g/mol. The van der Waals surface area contributed by atoms with Gasteiger partial charge in [-0.2, -0.15) is 5.26 Å². The van der Waals surface area contributed by atoms with Gasteiger partial charge in [-0.25, -0.2) is 4.79 Å². The van der Waals surface area contributed by atoms with E-state index in [1.807, 2.05) is 17.0 Å². The minimum Gasteiger partial charge on any atom is -0.330 e. The molecule has 2 aliphatic rings. The van der Waals surface area contributed by atoms with Gasteiger partial charge in [-0.15, -0.1) is 0 Å². The van der Waals surface area contributed by atoms with E-state index in [0.717, 1.165) is 31.4 Å². The van der Waals surface area contributed by atoms with Gasteiger partial charge in [0, 0.05) is 11.2 Å². The van der Waals surface area contributed by atoms with E-state index in [0.29, 0.717) is 12.1 Å². The SMILES string of the molecule is CN(C)[C@]1(c2ccccc2)CC[C@@]2(CC1)CN(c1ccc(C#N)cc1)C(=O)N2. The second-order valence-electron chi connectivity index (χ2n) is 8.25. The number of carbonyl (C=O) groups excluding carboxylic acids is 1. The summed E-state index contributed by atoms with van der Waals surface area (Å²) in [5.74, 6) is 0. The van der Waals surface area contributed by atoms with Crippen LogP contribution < -0.4 is 10.2 Å². The van der Waals surface area contributed by atoms with Crippen molar-refractivity contribution in [2.24, 2.45) is 0 Å². The number of anilines is 1. The van der Waals surface area contributed by atoms with Gasteiger partial charge in [0.05, 0.1) is 23.7 Å². The molecular formula is C23H26N4O. The van der Waals surface area contributed by atoms with Gasteiger partial charge >= 0.3 is 6.03 Å². The van der Waals surface area contributed by atoms with Crippen molar-refractivity contribution in [3.05, 3.63) is 65.7 Å². The Morgan fingerprint density at radius 2 is 1.64 bits per heavy atom. The highest BCUT2D eigenvalue weighted by Gasteiger charge is 2.50. The lowest BCUT2D eigenvalue weighted by Crippen LogP contribution is -2.54. The van der Waals surface area contributed by atoms with Crippen LogP contribution in [0.1, 0.15) is 36.8 Å². The lowest BCUT2D eigenvalue weighted by atomic mass is 9.69. The Kier molecular flexibility index (Phi) is 4.60. The van der Waals surface area contributed by atoms with Gasteiger partial charge in [0.25, 0.3) is 0 Å². The average Bonchev–Trinajstić information content (AvgIpc) is 3.05. The summed E-state index contributed by atoms with van der Waals surface area (Å²) >= 11 is 0. The molecule has 0 radical (unpaired) electrons. The van der Waals surface area contributed by atoms with Gasteiger partial charge < -0.3 is 5.32 Å². The second-order valence-corrected chi connectivity index (χ2v) is 8.25. The summed E-state index contributed by atoms with van der Waals surface area (Å²) in [5.41, 5.74) is 2.64. The molecule has 1 N–H and O–H groups in total. The van der Waals surface area contributed by atoms with Crippen LogP contribution in [0.15, 0.2) is 54.6 Å². The summed E-state index contributed by atoms with van der Waals surface area (Å²) in [5, 5.41) is 12.3. The maximum Gasteiger partial charge on any atom is 0.322 e. The van der Waals surface area contributed by atoms with Crippen molar-refractivity contribution in [1.82, 2.24) is 10.2 Å². The molecule has 2 amide bonds. The third-order valence-electron chi connectivity index (χ3n) is 6.59. The molecule has 2 fully saturated rings. The molecular weight excluding hydrogens is 348 g/mol. The van der Waals surface area contributed by atoms with Crippen LogP contribution in [0.25, 0.3) is 0 Å². The van der Waals surface area contributed by atoms with Crippen molar-refractivity contribution in [1.29, 1.82) is 5.26 Å². The highest BCUT2D eigenvalue weighted by Crippen LogP contribution is 2.46. The maximum absolute atomic E-state index is 12.7. The molecule has 1 heterocycles. The maximum atomic E-state index is 12.7. The zero-order chi connectivity index (χ0) is 19.8.